The molecule has 1 aliphatic rings. The van der Waals surface area contributed by atoms with Gasteiger partial charge in [0.15, 0.2) is 0 Å². The fraction of sp³-hybridized carbons (Fsp3) is 0.600. The Morgan fingerprint density at radius 2 is 1.89 bits per heavy atom. The molecule has 0 saturated heterocycles. The smallest absolute Gasteiger partial charge is 0.118 e. The summed E-state index contributed by atoms with van der Waals surface area (Å²) in [5.74, 6) is 0.904. The summed E-state index contributed by atoms with van der Waals surface area (Å²) in [7, 11) is 3.50. The quantitative estimate of drug-likeness (QED) is 0.870. The number of rotatable bonds is 5. The molecule has 0 radical (unpaired) electrons. The van der Waals surface area contributed by atoms with Crippen molar-refractivity contribution in [2.45, 2.75) is 44.4 Å². The summed E-state index contributed by atoms with van der Waals surface area (Å²) in [5.41, 5.74) is 1.29. The van der Waals surface area contributed by atoms with E-state index in [9.17, 15) is 0 Å². The first-order valence-corrected chi connectivity index (χ1v) is 6.67. The Morgan fingerprint density at radius 1 is 1.17 bits per heavy atom. The van der Waals surface area contributed by atoms with Crippen LogP contribution in [0.4, 0.5) is 0 Å². The zero-order valence-corrected chi connectivity index (χ0v) is 11.5. The van der Waals surface area contributed by atoms with Gasteiger partial charge < -0.3 is 14.8 Å². The predicted molar refractivity (Wildman–Crippen MR) is 73.0 cm³/mol. The summed E-state index contributed by atoms with van der Waals surface area (Å²) in [6.07, 6.45) is 4.00. The fourth-order valence-electron chi connectivity index (χ4n) is 2.71. The Labute approximate surface area is 109 Å². The Bertz CT molecular complexity index is 363. The van der Waals surface area contributed by atoms with E-state index in [1.54, 1.807) is 7.11 Å². The molecule has 1 aliphatic carbocycles. The Hall–Kier alpha value is -1.06. The van der Waals surface area contributed by atoms with Gasteiger partial charge >= 0.3 is 0 Å². The molecule has 3 unspecified atom stereocenters. The van der Waals surface area contributed by atoms with Crippen LogP contribution in [0.3, 0.4) is 0 Å². The molecule has 1 saturated carbocycles. The van der Waals surface area contributed by atoms with E-state index in [2.05, 4.69) is 24.4 Å². The summed E-state index contributed by atoms with van der Waals surface area (Å²) in [4.78, 5) is 0. The largest absolute Gasteiger partial charge is 0.497 e. The average Bonchev–Trinajstić information content (AvgIpc) is 2.86. The van der Waals surface area contributed by atoms with Crippen LogP contribution in [0.15, 0.2) is 24.3 Å². The summed E-state index contributed by atoms with van der Waals surface area (Å²) in [6, 6.07) is 9.08. The summed E-state index contributed by atoms with van der Waals surface area (Å²) < 4.78 is 10.7. The van der Waals surface area contributed by atoms with Crippen molar-refractivity contribution in [3.8, 4) is 5.75 Å². The number of ether oxygens (including phenoxy) is 2. The molecule has 0 heterocycles. The molecule has 100 valence electrons. The molecule has 3 atom stereocenters. The van der Waals surface area contributed by atoms with Crippen molar-refractivity contribution >= 4 is 0 Å². The Balaban J connectivity index is 1.95. The molecule has 0 amide bonds. The normalized spacial score (nSPS) is 25.1. The third-order valence-electron chi connectivity index (χ3n) is 3.84. The summed E-state index contributed by atoms with van der Waals surface area (Å²) >= 11 is 0. The van der Waals surface area contributed by atoms with E-state index in [0.717, 1.165) is 5.75 Å². The van der Waals surface area contributed by atoms with Gasteiger partial charge in [-0.2, -0.15) is 0 Å². The van der Waals surface area contributed by atoms with E-state index in [1.165, 1.54) is 24.8 Å². The molecule has 3 nitrogen and oxygen atoms in total. The van der Waals surface area contributed by atoms with Gasteiger partial charge in [0.2, 0.25) is 0 Å². The van der Waals surface area contributed by atoms with Crippen molar-refractivity contribution in [3.05, 3.63) is 29.8 Å². The first-order chi connectivity index (χ1) is 8.74. The van der Waals surface area contributed by atoms with Crippen molar-refractivity contribution in [1.29, 1.82) is 0 Å². The zero-order chi connectivity index (χ0) is 13.0. The second kappa shape index (κ2) is 6.21. The van der Waals surface area contributed by atoms with Crippen LogP contribution in [0.2, 0.25) is 0 Å². The minimum absolute atomic E-state index is 0.344. The van der Waals surface area contributed by atoms with E-state index in [4.69, 9.17) is 9.47 Å². The minimum Gasteiger partial charge on any atom is -0.497 e. The molecule has 0 bridgehead atoms. The monoisotopic (exact) mass is 249 g/mol. The van der Waals surface area contributed by atoms with Crippen LogP contribution >= 0.6 is 0 Å². The van der Waals surface area contributed by atoms with Gasteiger partial charge in [-0.1, -0.05) is 12.1 Å². The van der Waals surface area contributed by atoms with Gasteiger partial charge in [0, 0.05) is 19.2 Å². The molecule has 3 heteroatoms. The van der Waals surface area contributed by atoms with Gasteiger partial charge in [0.1, 0.15) is 5.75 Å². The number of methoxy groups -OCH3 is 2. The lowest BCUT2D eigenvalue weighted by molar-refractivity contribution is 0.0820. The van der Waals surface area contributed by atoms with Crippen molar-refractivity contribution in [2.75, 3.05) is 14.2 Å². The van der Waals surface area contributed by atoms with Gasteiger partial charge in [0.05, 0.1) is 13.2 Å². The molecular weight excluding hydrogens is 226 g/mol. The third kappa shape index (κ3) is 3.03. The van der Waals surface area contributed by atoms with Gasteiger partial charge in [0.25, 0.3) is 0 Å². The van der Waals surface area contributed by atoms with Crippen molar-refractivity contribution in [2.24, 2.45) is 0 Å². The van der Waals surface area contributed by atoms with Crippen LogP contribution in [0.1, 0.15) is 37.8 Å². The van der Waals surface area contributed by atoms with E-state index >= 15 is 0 Å². The standard InChI is InChI=1S/C15H23NO2/c1-11(12-7-9-13(17-2)10-8-12)16-14-5-4-6-15(14)18-3/h7-11,14-16H,4-6H2,1-3H3. The number of hydrogen-bond acceptors (Lipinski definition) is 3. The van der Waals surface area contributed by atoms with Crippen LogP contribution in [-0.2, 0) is 4.74 Å². The van der Waals surface area contributed by atoms with Gasteiger partial charge in [-0.3, -0.25) is 0 Å². The lowest BCUT2D eigenvalue weighted by Crippen LogP contribution is -2.38. The number of hydrogen-bond donors (Lipinski definition) is 1. The van der Waals surface area contributed by atoms with Crippen LogP contribution in [0.25, 0.3) is 0 Å². The molecule has 18 heavy (non-hydrogen) atoms. The van der Waals surface area contributed by atoms with E-state index in [-0.39, 0.29) is 0 Å². The molecule has 1 aromatic carbocycles. The average molecular weight is 249 g/mol. The highest BCUT2D eigenvalue weighted by Gasteiger charge is 2.28. The minimum atomic E-state index is 0.344. The highest BCUT2D eigenvalue weighted by molar-refractivity contribution is 5.28. The molecule has 0 aromatic heterocycles. The molecule has 1 aromatic rings. The predicted octanol–water partition coefficient (Wildman–Crippen LogP) is 2.91. The maximum atomic E-state index is 5.51. The first kappa shape index (κ1) is 13.4. The lowest BCUT2D eigenvalue weighted by atomic mass is 10.1. The summed E-state index contributed by atoms with van der Waals surface area (Å²) in [5, 5.41) is 3.67. The van der Waals surface area contributed by atoms with Gasteiger partial charge in [-0.25, -0.2) is 0 Å². The maximum Gasteiger partial charge on any atom is 0.118 e. The SMILES string of the molecule is COc1ccc(C(C)NC2CCCC2OC)cc1. The van der Waals surface area contributed by atoms with Crippen molar-refractivity contribution in [3.63, 3.8) is 0 Å². The third-order valence-corrected chi connectivity index (χ3v) is 3.84. The molecule has 1 fully saturated rings. The molecular formula is C15H23NO2. The molecule has 2 rings (SSSR count). The van der Waals surface area contributed by atoms with Crippen LogP contribution in [0.5, 0.6) is 5.75 Å². The number of benzene rings is 1. The van der Waals surface area contributed by atoms with Crippen LogP contribution in [-0.4, -0.2) is 26.4 Å². The van der Waals surface area contributed by atoms with E-state index < -0.39 is 0 Å². The number of nitrogens with one attached hydrogen (secondary N) is 1. The molecule has 1 N–H and O–H groups in total. The van der Waals surface area contributed by atoms with E-state index in [1.807, 2.05) is 19.2 Å². The van der Waals surface area contributed by atoms with Crippen LogP contribution in [0, 0.1) is 0 Å². The Morgan fingerprint density at radius 3 is 2.50 bits per heavy atom. The second-order valence-corrected chi connectivity index (χ2v) is 4.97. The summed E-state index contributed by atoms with van der Waals surface area (Å²) in [6.45, 7) is 2.20. The van der Waals surface area contributed by atoms with Crippen LogP contribution < -0.4 is 10.1 Å². The van der Waals surface area contributed by atoms with E-state index in [0.29, 0.717) is 18.2 Å². The van der Waals surface area contributed by atoms with Crippen molar-refractivity contribution < 1.29 is 9.47 Å². The van der Waals surface area contributed by atoms with Gasteiger partial charge in [-0.05, 0) is 43.9 Å². The first-order valence-electron chi connectivity index (χ1n) is 6.67. The maximum absolute atomic E-state index is 5.51. The highest BCUT2D eigenvalue weighted by Crippen LogP contribution is 2.25. The molecule has 0 aliphatic heterocycles. The topological polar surface area (TPSA) is 30.5 Å². The zero-order valence-electron chi connectivity index (χ0n) is 11.5. The van der Waals surface area contributed by atoms with Crippen molar-refractivity contribution in [1.82, 2.24) is 5.32 Å². The fourth-order valence-corrected chi connectivity index (χ4v) is 2.71. The lowest BCUT2D eigenvalue weighted by Gasteiger charge is -2.24. The molecule has 0 spiro atoms. The second-order valence-electron chi connectivity index (χ2n) is 4.97. The Kier molecular flexibility index (Phi) is 4.61. The van der Waals surface area contributed by atoms with Gasteiger partial charge in [-0.15, -0.1) is 0 Å². The highest BCUT2D eigenvalue weighted by atomic mass is 16.5.